The van der Waals surface area contributed by atoms with Crippen LogP contribution in [0.1, 0.15) is 18.9 Å². The number of hydrogen-bond acceptors (Lipinski definition) is 4. The minimum Gasteiger partial charge on any atom is -0.366 e. The van der Waals surface area contributed by atoms with Gasteiger partial charge < -0.3 is 11.1 Å². The molecule has 1 aromatic heterocycles. The molecule has 0 bridgehead atoms. The predicted octanol–water partition coefficient (Wildman–Crippen LogP) is 1.15. The molecule has 90 valence electrons. The number of ketones is 1. The molecule has 1 aromatic rings. The number of nitrogens with two attached hydrogens (primary N) is 1. The Bertz CT molecular complexity index is 467. The Balaban J connectivity index is 2.99. The third-order valence-electron chi connectivity index (χ3n) is 2.17. The Kier molecular flexibility index (Phi) is 4.39. The molecular weight excluding hydrogens is 218 g/mol. The molecule has 0 unspecified atom stereocenters. The van der Waals surface area contributed by atoms with Crippen LogP contribution in [0.5, 0.6) is 0 Å². The summed E-state index contributed by atoms with van der Waals surface area (Å²) in [7, 11) is 0. The van der Waals surface area contributed by atoms with Crippen molar-refractivity contribution in [3.8, 4) is 0 Å². The number of hydrogen-bond donors (Lipinski definition) is 2. The SMILES string of the molecule is CCC(=O)/C(=C/C(N)=O)Nc1ncccc1C. The van der Waals surface area contributed by atoms with Gasteiger partial charge in [0.25, 0.3) is 0 Å². The predicted molar refractivity (Wildman–Crippen MR) is 65.2 cm³/mol. The maximum absolute atomic E-state index is 11.6. The van der Waals surface area contributed by atoms with E-state index in [0.717, 1.165) is 11.6 Å². The van der Waals surface area contributed by atoms with Crippen LogP contribution < -0.4 is 11.1 Å². The van der Waals surface area contributed by atoms with Crippen molar-refractivity contribution in [3.63, 3.8) is 0 Å². The molecule has 0 spiro atoms. The Hall–Kier alpha value is -2.17. The van der Waals surface area contributed by atoms with Crippen LogP contribution in [0, 0.1) is 6.92 Å². The van der Waals surface area contributed by atoms with Crippen LogP contribution in [-0.2, 0) is 9.59 Å². The van der Waals surface area contributed by atoms with Crippen LogP contribution in [0.4, 0.5) is 5.82 Å². The second-order valence-electron chi connectivity index (χ2n) is 3.53. The molecule has 1 rings (SSSR count). The number of nitrogens with one attached hydrogen (secondary N) is 1. The zero-order valence-corrected chi connectivity index (χ0v) is 9.86. The van der Waals surface area contributed by atoms with Crippen LogP contribution in [0.2, 0.25) is 0 Å². The number of Topliss-reactive ketones (excluding diaryl/α,β-unsaturated/α-hetero) is 1. The second-order valence-corrected chi connectivity index (χ2v) is 3.53. The van der Waals surface area contributed by atoms with Crippen molar-refractivity contribution >= 4 is 17.5 Å². The summed E-state index contributed by atoms with van der Waals surface area (Å²) >= 11 is 0. The van der Waals surface area contributed by atoms with Crippen LogP contribution in [-0.4, -0.2) is 16.7 Å². The Morgan fingerprint density at radius 1 is 1.53 bits per heavy atom. The van der Waals surface area contributed by atoms with E-state index in [0.29, 0.717) is 5.82 Å². The minimum absolute atomic E-state index is 0.168. The molecule has 5 heteroatoms. The molecule has 0 aliphatic carbocycles. The van der Waals surface area contributed by atoms with E-state index in [-0.39, 0.29) is 17.9 Å². The van der Waals surface area contributed by atoms with Gasteiger partial charge in [-0.05, 0) is 18.6 Å². The van der Waals surface area contributed by atoms with E-state index in [1.165, 1.54) is 0 Å². The maximum Gasteiger partial charge on any atom is 0.243 e. The second kappa shape index (κ2) is 5.79. The number of amides is 1. The largest absolute Gasteiger partial charge is 0.366 e. The van der Waals surface area contributed by atoms with Crippen molar-refractivity contribution in [1.82, 2.24) is 4.98 Å². The molecule has 1 amide bonds. The molecule has 3 N–H and O–H groups in total. The molecule has 0 saturated carbocycles. The molecule has 0 aliphatic rings. The lowest BCUT2D eigenvalue weighted by Crippen LogP contribution is -2.17. The molecule has 0 radical (unpaired) electrons. The standard InChI is InChI=1S/C12H15N3O2/c1-3-10(16)9(7-11(13)17)15-12-8(2)5-4-6-14-12/h4-7H,3H2,1-2H3,(H2,13,17)(H,14,15)/b9-7-. The Labute approximate surface area is 99.7 Å². The number of rotatable bonds is 5. The Morgan fingerprint density at radius 2 is 2.24 bits per heavy atom. The monoisotopic (exact) mass is 233 g/mol. The highest BCUT2D eigenvalue weighted by molar-refractivity contribution is 6.03. The lowest BCUT2D eigenvalue weighted by Gasteiger charge is -2.09. The van der Waals surface area contributed by atoms with Crippen LogP contribution in [0.15, 0.2) is 30.1 Å². The average Bonchev–Trinajstić information content (AvgIpc) is 2.29. The zero-order chi connectivity index (χ0) is 12.8. The molecule has 17 heavy (non-hydrogen) atoms. The van der Waals surface area contributed by atoms with E-state index in [1.54, 1.807) is 19.2 Å². The van der Waals surface area contributed by atoms with Crippen molar-refractivity contribution in [2.45, 2.75) is 20.3 Å². The molecule has 5 nitrogen and oxygen atoms in total. The molecule has 0 aromatic carbocycles. The normalized spacial score (nSPS) is 11.1. The van der Waals surface area contributed by atoms with Crippen LogP contribution >= 0.6 is 0 Å². The number of nitrogens with zero attached hydrogens (tertiary/aromatic N) is 1. The van der Waals surface area contributed by atoms with E-state index in [2.05, 4.69) is 10.3 Å². The van der Waals surface area contributed by atoms with Crippen LogP contribution in [0.25, 0.3) is 0 Å². The molecule has 0 aliphatic heterocycles. The molecule has 0 fully saturated rings. The summed E-state index contributed by atoms with van der Waals surface area (Å²) in [6.45, 7) is 3.57. The quantitative estimate of drug-likeness (QED) is 0.747. The van der Waals surface area contributed by atoms with Gasteiger partial charge in [0.2, 0.25) is 5.91 Å². The van der Waals surface area contributed by atoms with Gasteiger partial charge in [0, 0.05) is 18.7 Å². The van der Waals surface area contributed by atoms with Gasteiger partial charge in [0.1, 0.15) is 5.82 Å². The molecule has 1 heterocycles. The minimum atomic E-state index is -0.664. The fourth-order valence-electron chi connectivity index (χ4n) is 1.26. The van der Waals surface area contributed by atoms with Crippen molar-refractivity contribution in [3.05, 3.63) is 35.7 Å². The van der Waals surface area contributed by atoms with Crippen molar-refractivity contribution < 1.29 is 9.59 Å². The van der Waals surface area contributed by atoms with E-state index < -0.39 is 5.91 Å². The van der Waals surface area contributed by atoms with E-state index in [1.807, 2.05) is 13.0 Å². The van der Waals surface area contributed by atoms with E-state index >= 15 is 0 Å². The van der Waals surface area contributed by atoms with Gasteiger partial charge >= 0.3 is 0 Å². The third-order valence-corrected chi connectivity index (χ3v) is 2.17. The Morgan fingerprint density at radius 3 is 2.76 bits per heavy atom. The first-order valence-corrected chi connectivity index (χ1v) is 5.27. The zero-order valence-electron chi connectivity index (χ0n) is 9.86. The van der Waals surface area contributed by atoms with E-state index in [9.17, 15) is 9.59 Å². The van der Waals surface area contributed by atoms with E-state index in [4.69, 9.17) is 5.73 Å². The summed E-state index contributed by atoms with van der Waals surface area (Å²) in [6.07, 6.45) is 2.98. The summed E-state index contributed by atoms with van der Waals surface area (Å²) in [5.41, 5.74) is 6.10. The number of pyridine rings is 1. The molecule has 0 atom stereocenters. The number of aryl methyl sites for hydroxylation is 1. The summed E-state index contributed by atoms with van der Waals surface area (Å²) in [5, 5.41) is 2.83. The highest BCUT2D eigenvalue weighted by Gasteiger charge is 2.10. The lowest BCUT2D eigenvalue weighted by atomic mass is 10.2. The highest BCUT2D eigenvalue weighted by atomic mass is 16.1. The fourth-order valence-corrected chi connectivity index (χ4v) is 1.26. The number of carbonyl (C=O) groups is 2. The van der Waals surface area contributed by atoms with Crippen molar-refractivity contribution in [2.75, 3.05) is 5.32 Å². The van der Waals surface area contributed by atoms with Gasteiger partial charge in [-0.15, -0.1) is 0 Å². The van der Waals surface area contributed by atoms with Gasteiger partial charge in [-0.3, -0.25) is 9.59 Å². The summed E-state index contributed by atoms with van der Waals surface area (Å²) in [6, 6.07) is 3.65. The number of primary amides is 1. The summed E-state index contributed by atoms with van der Waals surface area (Å²) in [4.78, 5) is 26.5. The van der Waals surface area contributed by atoms with Crippen molar-refractivity contribution in [2.24, 2.45) is 5.73 Å². The van der Waals surface area contributed by atoms with Gasteiger partial charge in [-0.1, -0.05) is 13.0 Å². The number of anilines is 1. The molecule has 0 saturated heterocycles. The average molecular weight is 233 g/mol. The third kappa shape index (κ3) is 3.71. The first kappa shape index (κ1) is 12.9. The van der Waals surface area contributed by atoms with Gasteiger partial charge in [-0.2, -0.15) is 0 Å². The number of allylic oxidation sites excluding steroid dienone is 1. The number of carbonyl (C=O) groups excluding carboxylic acids is 2. The maximum atomic E-state index is 11.6. The first-order chi connectivity index (χ1) is 8.04. The van der Waals surface area contributed by atoms with Gasteiger partial charge in [0.15, 0.2) is 5.78 Å². The summed E-state index contributed by atoms with van der Waals surface area (Å²) < 4.78 is 0. The molecular formula is C12H15N3O2. The lowest BCUT2D eigenvalue weighted by molar-refractivity contribution is -0.116. The first-order valence-electron chi connectivity index (χ1n) is 5.27. The topological polar surface area (TPSA) is 85.1 Å². The van der Waals surface area contributed by atoms with Gasteiger partial charge in [0.05, 0.1) is 5.70 Å². The smallest absolute Gasteiger partial charge is 0.243 e. The summed E-state index contributed by atoms with van der Waals surface area (Å²) in [5.74, 6) is -0.307. The van der Waals surface area contributed by atoms with Crippen molar-refractivity contribution in [1.29, 1.82) is 0 Å². The van der Waals surface area contributed by atoms with Gasteiger partial charge in [-0.25, -0.2) is 4.98 Å². The fraction of sp³-hybridized carbons (Fsp3) is 0.250. The number of aromatic nitrogens is 1. The van der Waals surface area contributed by atoms with Crippen LogP contribution in [0.3, 0.4) is 0 Å². The highest BCUT2D eigenvalue weighted by Crippen LogP contribution is 2.13.